The Bertz CT molecular complexity index is 705. The zero-order valence-electron chi connectivity index (χ0n) is 16.1. The van der Waals surface area contributed by atoms with Crippen LogP contribution in [0, 0.1) is 0 Å². The molecule has 0 spiro atoms. The summed E-state index contributed by atoms with van der Waals surface area (Å²) in [6, 6.07) is 13.8. The van der Waals surface area contributed by atoms with Crippen molar-refractivity contribution in [3.05, 3.63) is 59.7 Å². The third-order valence-electron chi connectivity index (χ3n) is 4.24. The Morgan fingerprint density at radius 3 is 2.31 bits per heavy atom. The van der Waals surface area contributed by atoms with E-state index in [9.17, 15) is 9.90 Å². The molecular weight excluding hydrogens is 326 g/mol. The van der Waals surface area contributed by atoms with Crippen LogP contribution in [0.5, 0.6) is 11.5 Å². The van der Waals surface area contributed by atoms with Gasteiger partial charge in [-0.25, -0.2) is 0 Å². The molecule has 0 aliphatic heterocycles. The van der Waals surface area contributed by atoms with Gasteiger partial charge < -0.3 is 14.3 Å². The number of carbonyl (C=O) groups is 1. The number of carbonyl (C=O) groups excluding carboxylic acids is 1. The van der Waals surface area contributed by atoms with Crippen LogP contribution in [0.3, 0.4) is 0 Å². The van der Waals surface area contributed by atoms with Crippen LogP contribution in [0.25, 0.3) is 0 Å². The molecule has 0 aliphatic rings. The number of nitrogens with zero attached hydrogens (tertiary/aromatic N) is 1. The van der Waals surface area contributed by atoms with E-state index in [-0.39, 0.29) is 11.5 Å². The summed E-state index contributed by atoms with van der Waals surface area (Å²) >= 11 is 0. The number of aromatic hydroxyl groups is 1. The molecule has 4 heteroatoms. The number of hydrogen-bond donors (Lipinski definition) is 1. The Morgan fingerprint density at radius 1 is 0.962 bits per heavy atom. The van der Waals surface area contributed by atoms with Crippen molar-refractivity contribution in [2.24, 2.45) is 0 Å². The second-order valence-corrected chi connectivity index (χ2v) is 7.65. The average Bonchev–Trinajstić information content (AvgIpc) is 2.60. The third kappa shape index (κ3) is 6.52. The van der Waals surface area contributed by atoms with Crippen LogP contribution in [0.2, 0.25) is 0 Å². The lowest BCUT2D eigenvalue weighted by molar-refractivity contribution is -0.870. The third-order valence-corrected chi connectivity index (χ3v) is 4.24. The van der Waals surface area contributed by atoms with Crippen LogP contribution in [0.1, 0.15) is 41.6 Å². The number of phenols is 1. The lowest BCUT2D eigenvalue weighted by Gasteiger charge is -2.23. The van der Waals surface area contributed by atoms with Gasteiger partial charge in [-0.2, -0.15) is 0 Å². The Balaban J connectivity index is 1.78. The second-order valence-electron chi connectivity index (χ2n) is 7.65. The number of ether oxygens (including phenoxy) is 1. The minimum absolute atomic E-state index is 0.0423. The molecule has 1 N–H and O–H groups in total. The minimum atomic E-state index is -0.188. The fourth-order valence-electron chi connectivity index (χ4n) is 2.77. The van der Waals surface area contributed by atoms with E-state index in [0.717, 1.165) is 17.3 Å². The van der Waals surface area contributed by atoms with Gasteiger partial charge in [0, 0.05) is 11.6 Å². The normalized spacial score (nSPS) is 11.3. The SMILES string of the molecule is C[N+](C)(C)CCCCCCOc1ccc(C(=O)c2ccccc2)c(O)c1. The van der Waals surface area contributed by atoms with Gasteiger partial charge >= 0.3 is 0 Å². The maximum Gasteiger partial charge on any atom is 0.196 e. The van der Waals surface area contributed by atoms with Gasteiger partial charge in [0.1, 0.15) is 11.5 Å². The molecule has 26 heavy (non-hydrogen) atoms. The summed E-state index contributed by atoms with van der Waals surface area (Å²) in [7, 11) is 6.63. The van der Waals surface area contributed by atoms with E-state index in [2.05, 4.69) is 21.1 Å². The first-order valence-corrected chi connectivity index (χ1v) is 9.23. The first-order chi connectivity index (χ1) is 12.4. The number of rotatable bonds is 10. The van der Waals surface area contributed by atoms with E-state index >= 15 is 0 Å². The highest BCUT2D eigenvalue weighted by atomic mass is 16.5. The number of quaternary nitrogens is 1. The smallest absolute Gasteiger partial charge is 0.196 e. The van der Waals surface area contributed by atoms with Crippen molar-refractivity contribution in [3.63, 3.8) is 0 Å². The van der Waals surface area contributed by atoms with Crippen LogP contribution in [0.15, 0.2) is 48.5 Å². The number of phenolic OH excluding ortho intramolecular Hbond substituents is 1. The fourth-order valence-corrected chi connectivity index (χ4v) is 2.77. The van der Waals surface area contributed by atoms with Crippen LogP contribution >= 0.6 is 0 Å². The molecule has 0 atom stereocenters. The van der Waals surface area contributed by atoms with Gasteiger partial charge in [-0.05, 0) is 37.8 Å². The summed E-state index contributed by atoms with van der Waals surface area (Å²) in [6.07, 6.45) is 4.55. The number of ketones is 1. The maximum atomic E-state index is 12.4. The van der Waals surface area contributed by atoms with E-state index in [1.165, 1.54) is 25.5 Å². The molecule has 4 nitrogen and oxygen atoms in total. The molecule has 0 amide bonds. The van der Waals surface area contributed by atoms with Gasteiger partial charge in [-0.1, -0.05) is 30.3 Å². The highest BCUT2D eigenvalue weighted by Gasteiger charge is 2.14. The molecule has 0 fully saturated rings. The van der Waals surface area contributed by atoms with E-state index in [0.29, 0.717) is 23.5 Å². The van der Waals surface area contributed by atoms with Crippen LogP contribution in [0.4, 0.5) is 0 Å². The van der Waals surface area contributed by atoms with Crippen LogP contribution in [-0.2, 0) is 0 Å². The van der Waals surface area contributed by atoms with Gasteiger partial charge in [0.25, 0.3) is 0 Å². The van der Waals surface area contributed by atoms with Crippen molar-refractivity contribution in [1.82, 2.24) is 0 Å². The minimum Gasteiger partial charge on any atom is -0.507 e. The maximum absolute atomic E-state index is 12.4. The van der Waals surface area contributed by atoms with E-state index in [1.54, 1.807) is 24.3 Å². The number of benzene rings is 2. The summed E-state index contributed by atoms with van der Waals surface area (Å²) in [4.78, 5) is 12.4. The molecule has 0 bridgehead atoms. The van der Waals surface area contributed by atoms with Gasteiger partial charge in [-0.3, -0.25) is 4.79 Å². The van der Waals surface area contributed by atoms with Crippen LogP contribution < -0.4 is 4.74 Å². The summed E-state index contributed by atoms with van der Waals surface area (Å²) in [6.45, 7) is 1.81. The topological polar surface area (TPSA) is 46.5 Å². The molecule has 140 valence electrons. The van der Waals surface area contributed by atoms with E-state index in [1.807, 2.05) is 18.2 Å². The number of unbranched alkanes of at least 4 members (excludes halogenated alkanes) is 3. The fraction of sp³-hybridized carbons (Fsp3) is 0.409. The average molecular weight is 356 g/mol. The lowest BCUT2D eigenvalue weighted by Crippen LogP contribution is -2.35. The van der Waals surface area contributed by atoms with Crippen molar-refractivity contribution in [2.45, 2.75) is 25.7 Å². The predicted octanol–water partition coefficient (Wildman–Crippen LogP) is 4.27. The molecule has 0 aromatic heterocycles. The predicted molar refractivity (Wildman–Crippen MR) is 105 cm³/mol. The molecular formula is C22H30NO3+. The highest BCUT2D eigenvalue weighted by molar-refractivity contribution is 6.10. The Kier molecular flexibility index (Phi) is 7.22. The molecule has 0 heterocycles. The van der Waals surface area contributed by atoms with Crippen molar-refractivity contribution in [1.29, 1.82) is 0 Å². The summed E-state index contributed by atoms with van der Waals surface area (Å²) in [5.74, 6) is 0.365. The first kappa shape index (κ1) is 20.0. The Morgan fingerprint density at radius 2 is 1.65 bits per heavy atom. The van der Waals surface area contributed by atoms with E-state index < -0.39 is 0 Å². The summed E-state index contributed by atoms with van der Waals surface area (Å²) < 4.78 is 6.70. The molecule has 0 aliphatic carbocycles. The molecule has 0 saturated heterocycles. The van der Waals surface area contributed by atoms with Gasteiger partial charge in [0.15, 0.2) is 5.78 Å². The quantitative estimate of drug-likeness (QED) is 0.393. The molecule has 2 rings (SSSR count). The molecule has 0 radical (unpaired) electrons. The zero-order valence-corrected chi connectivity index (χ0v) is 16.1. The van der Waals surface area contributed by atoms with Crippen molar-refractivity contribution >= 4 is 5.78 Å². The molecule has 0 unspecified atom stereocenters. The Labute approximate surface area is 156 Å². The van der Waals surface area contributed by atoms with Crippen molar-refractivity contribution in [3.8, 4) is 11.5 Å². The zero-order chi connectivity index (χ0) is 19.0. The van der Waals surface area contributed by atoms with E-state index in [4.69, 9.17) is 4.74 Å². The van der Waals surface area contributed by atoms with Crippen LogP contribution in [-0.4, -0.2) is 49.7 Å². The van der Waals surface area contributed by atoms with Gasteiger partial charge in [0.2, 0.25) is 0 Å². The molecule has 0 saturated carbocycles. The van der Waals surface area contributed by atoms with Gasteiger partial charge in [0.05, 0.1) is 39.9 Å². The summed E-state index contributed by atoms with van der Waals surface area (Å²) in [5, 5.41) is 10.2. The van der Waals surface area contributed by atoms with Crippen molar-refractivity contribution < 1.29 is 19.1 Å². The molecule has 2 aromatic carbocycles. The van der Waals surface area contributed by atoms with Gasteiger partial charge in [-0.15, -0.1) is 0 Å². The standard InChI is InChI=1S/C22H29NO3/c1-23(2,3)15-9-4-5-10-16-26-19-13-14-20(21(24)17-19)22(25)18-11-7-6-8-12-18/h6-8,11-14,17H,4-5,9-10,15-16H2,1-3H3/p+1. The van der Waals surface area contributed by atoms with Crippen molar-refractivity contribution in [2.75, 3.05) is 34.3 Å². The second kappa shape index (κ2) is 9.39. The summed E-state index contributed by atoms with van der Waals surface area (Å²) in [5.41, 5.74) is 0.856. The highest BCUT2D eigenvalue weighted by Crippen LogP contribution is 2.26. The monoisotopic (exact) mass is 356 g/mol. The first-order valence-electron chi connectivity index (χ1n) is 9.23. The number of hydrogen-bond acceptors (Lipinski definition) is 3. The molecule has 2 aromatic rings. The Hall–Kier alpha value is -2.33. The lowest BCUT2D eigenvalue weighted by atomic mass is 10.0. The largest absolute Gasteiger partial charge is 0.507 e.